The zero-order valence-corrected chi connectivity index (χ0v) is 19.7. The lowest BCUT2D eigenvalue weighted by Gasteiger charge is -2.17. The number of aliphatic hydroxyl groups excluding tert-OH is 3. The molecular weight excluding hydrogens is 464 g/mol. The molecule has 0 spiro atoms. The van der Waals surface area contributed by atoms with Crippen molar-refractivity contribution >= 4 is 40.3 Å². The fourth-order valence-electron chi connectivity index (χ4n) is 4.52. The molecule has 2 saturated carbocycles. The molecule has 2 fully saturated rings. The number of nitrogens with one attached hydrogen (secondary N) is 1. The minimum atomic E-state index is -1.05. The van der Waals surface area contributed by atoms with Crippen LogP contribution in [0, 0.1) is 5.92 Å². The average Bonchev–Trinajstić information content (AvgIpc) is 3.35. The van der Waals surface area contributed by atoms with E-state index in [2.05, 4.69) is 27.5 Å². The number of thioether (sulfide) groups is 1. The summed E-state index contributed by atoms with van der Waals surface area (Å²) >= 11 is 7.58. The number of halogens is 1. The third kappa shape index (κ3) is 4.42. The molecule has 2 heterocycles. The Morgan fingerprint density at radius 1 is 1.15 bits per heavy atom. The SMILES string of the molecule is CCCSc1nc(NC2CC2c2ccc(Cl)cc2)c2nnn([C@@H]3C[C@H](CO)[C@@H](O)[C@H]3O)c2n1. The van der Waals surface area contributed by atoms with Crippen LogP contribution < -0.4 is 5.32 Å². The number of benzene rings is 1. The Bertz CT molecular complexity index is 1130. The predicted molar refractivity (Wildman–Crippen MR) is 127 cm³/mol. The molecule has 6 atom stereocenters. The van der Waals surface area contributed by atoms with Crippen LogP contribution in [0.3, 0.4) is 0 Å². The van der Waals surface area contributed by atoms with Crippen molar-refractivity contribution in [3.63, 3.8) is 0 Å². The van der Waals surface area contributed by atoms with Gasteiger partial charge in [0.05, 0.1) is 12.1 Å². The maximum atomic E-state index is 10.6. The third-order valence-corrected chi connectivity index (χ3v) is 7.77. The summed E-state index contributed by atoms with van der Waals surface area (Å²) in [6.45, 7) is 1.90. The van der Waals surface area contributed by atoms with Gasteiger partial charge in [0.15, 0.2) is 22.1 Å². The van der Waals surface area contributed by atoms with Gasteiger partial charge in [-0.1, -0.05) is 47.6 Å². The molecule has 0 aliphatic heterocycles. The smallest absolute Gasteiger partial charge is 0.191 e. The maximum absolute atomic E-state index is 10.6. The second-order valence-electron chi connectivity index (χ2n) is 8.78. The number of nitrogens with zero attached hydrogens (tertiary/aromatic N) is 5. The van der Waals surface area contributed by atoms with Gasteiger partial charge in [-0.05, 0) is 37.0 Å². The number of anilines is 1. The molecule has 1 aromatic carbocycles. The van der Waals surface area contributed by atoms with Gasteiger partial charge in [0.1, 0.15) is 6.10 Å². The van der Waals surface area contributed by atoms with E-state index in [0.29, 0.717) is 34.5 Å². The van der Waals surface area contributed by atoms with Crippen molar-refractivity contribution in [2.24, 2.45) is 5.92 Å². The molecule has 2 aromatic heterocycles. The number of aliphatic hydroxyl groups is 3. The van der Waals surface area contributed by atoms with Gasteiger partial charge in [-0.3, -0.25) is 0 Å². The minimum absolute atomic E-state index is 0.200. The van der Waals surface area contributed by atoms with Crippen molar-refractivity contribution < 1.29 is 15.3 Å². The highest BCUT2D eigenvalue weighted by atomic mass is 35.5. The highest BCUT2D eigenvalue weighted by Crippen LogP contribution is 2.44. The largest absolute Gasteiger partial charge is 0.396 e. The van der Waals surface area contributed by atoms with E-state index in [-0.39, 0.29) is 12.6 Å². The van der Waals surface area contributed by atoms with Crippen LogP contribution in [-0.4, -0.2) is 70.9 Å². The van der Waals surface area contributed by atoms with Crippen LogP contribution in [0.1, 0.15) is 43.7 Å². The summed E-state index contributed by atoms with van der Waals surface area (Å²) in [5, 5.41) is 43.9. The van der Waals surface area contributed by atoms with Gasteiger partial charge in [-0.25, -0.2) is 14.6 Å². The summed E-state index contributed by atoms with van der Waals surface area (Å²) in [5.41, 5.74) is 2.28. The van der Waals surface area contributed by atoms with Crippen molar-refractivity contribution in [1.29, 1.82) is 0 Å². The highest BCUT2D eigenvalue weighted by molar-refractivity contribution is 7.99. The van der Waals surface area contributed by atoms with Crippen LogP contribution >= 0.6 is 23.4 Å². The van der Waals surface area contributed by atoms with E-state index in [1.165, 1.54) is 5.56 Å². The first kappa shape index (κ1) is 22.8. The standard InChI is InChI=1S/C22H27ClN6O3S/c1-2-7-33-22-25-20(24-15-9-14(15)11-3-5-13(23)6-4-11)17-21(26-22)29(28-27-17)16-8-12(10-30)18(31)19(16)32/h3-6,12,14-16,18-19,30-32H,2,7-10H2,1H3,(H,24,25,26)/t12-,14?,15?,16-,18-,19+/m1/s1. The number of rotatable bonds is 8. The topological polar surface area (TPSA) is 129 Å². The summed E-state index contributed by atoms with van der Waals surface area (Å²) in [6, 6.07) is 7.61. The first-order valence-electron chi connectivity index (χ1n) is 11.2. The van der Waals surface area contributed by atoms with Gasteiger partial charge in [0.2, 0.25) is 0 Å². The quantitative estimate of drug-likeness (QED) is 0.278. The maximum Gasteiger partial charge on any atom is 0.191 e. The summed E-state index contributed by atoms with van der Waals surface area (Å²) in [7, 11) is 0. The number of hydrogen-bond donors (Lipinski definition) is 4. The molecule has 3 aromatic rings. The molecule has 0 saturated heterocycles. The number of fused-ring (bicyclic) bond motifs is 1. The van der Waals surface area contributed by atoms with Gasteiger partial charge >= 0.3 is 0 Å². The molecule has 0 amide bonds. The van der Waals surface area contributed by atoms with Crippen molar-refractivity contribution in [3.05, 3.63) is 34.9 Å². The van der Waals surface area contributed by atoms with Gasteiger partial charge in [0, 0.05) is 35.3 Å². The summed E-state index contributed by atoms with van der Waals surface area (Å²) in [4.78, 5) is 9.40. The van der Waals surface area contributed by atoms with E-state index in [1.807, 2.05) is 24.3 Å². The Hall–Kier alpha value is -1.98. The second-order valence-corrected chi connectivity index (χ2v) is 10.3. The van der Waals surface area contributed by atoms with E-state index < -0.39 is 24.2 Å². The minimum Gasteiger partial charge on any atom is -0.396 e. The Labute approximate surface area is 200 Å². The van der Waals surface area contributed by atoms with Gasteiger partial charge < -0.3 is 20.6 Å². The summed E-state index contributed by atoms with van der Waals surface area (Å²) in [6.07, 6.45) is 0.286. The summed E-state index contributed by atoms with van der Waals surface area (Å²) < 4.78 is 1.57. The van der Waals surface area contributed by atoms with Crippen molar-refractivity contribution in [1.82, 2.24) is 25.0 Å². The summed E-state index contributed by atoms with van der Waals surface area (Å²) in [5.74, 6) is 1.45. The fraction of sp³-hybridized carbons (Fsp3) is 0.545. The van der Waals surface area contributed by atoms with E-state index in [9.17, 15) is 15.3 Å². The van der Waals surface area contributed by atoms with Gasteiger partial charge in [-0.15, -0.1) is 5.10 Å². The normalized spacial score (nSPS) is 29.0. The molecule has 5 rings (SSSR count). The first-order valence-corrected chi connectivity index (χ1v) is 12.6. The number of hydrogen-bond acceptors (Lipinski definition) is 9. The van der Waals surface area contributed by atoms with Crippen LogP contribution in [0.2, 0.25) is 5.02 Å². The Balaban J connectivity index is 1.45. The van der Waals surface area contributed by atoms with Crippen LogP contribution in [0.5, 0.6) is 0 Å². The van der Waals surface area contributed by atoms with Crippen molar-refractivity contribution in [2.45, 2.75) is 61.6 Å². The van der Waals surface area contributed by atoms with Crippen molar-refractivity contribution in [3.8, 4) is 0 Å². The van der Waals surface area contributed by atoms with Gasteiger partial charge in [-0.2, -0.15) is 0 Å². The molecule has 2 aliphatic carbocycles. The molecule has 2 aliphatic rings. The molecule has 33 heavy (non-hydrogen) atoms. The molecule has 176 valence electrons. The average molecular weight is 491 g/mol. The van der Waals surface area contributed by atoms with Gasteiger partial charge in [0.25, 0.3) is 0 Å². The van der Waals surface area contributed by atoms with Crippen molar-refractivity contribution in [2.75, 3.05) is 17.7 Å². The zero-order chi connectivity index (χ0) is 23.1. The third-order valence-electron chi connectivity index (χ3n) is 6.47. The number of aromatic nitrogens is 5. The Morgan fingerprint density at radius 2 is 1.94 bits per heavy atom. The molecule has 0 bridgehead atoms. The molecular formula is C22H27ClN6O3S. The Kier molecular flexibility index (Phi) is 6.45. The van der Waals surface area contributed by atoms with Crippen LogP contribution in [0.4, 0.5) is 5.82 Å². The lowest BCUT2D eigenvalue weighted by atomic mass is 10.1. The molecule has 11 heteroatoms. The van der Waals surface area contributed by atoms with Crippen LogP contribution in [0.15, 0.2) is 29.4 Å². The second kappa shape index (κ2) is 9.34. The lowest BCUT2D eigenvalue weighted by Crippen LogP contribution is -2.30. The van der Waals surface area contributed by atoms with E-state index in [0.717, 1.165) is 23.6 Å². The van der Waals surface area contributed by atoms with Crippen LogP contribution in [-0.2, 0) is 0 Å². The zero-order valence-electron chi connectivity index (χ0n) is 18.2. The Morgan fingerprint density at radius 3 is 2.64 bits per heavy atom. The van der Waals surface area contributed by atoms with E-state index >= 15 is 0 Å². The molecule has 4 N–H and O–H groups in total. The van der Waals surface area contributed by atoms with E-state index in [1.54, 1.807) is 16.4 Å². The van der Waals surface area contributed by atoms with E-state index in [4.69, 9.17) is 16.6 Å². The first-order chi connectivity index (χ1) is 16.0. The predicted octanol–water partition coefficient (Wildman–Crippen LogP) is 2.62. The fourth-order valence-corrected chi connectivity index (χ4v) is 5.34. The molecule has 0 radical (unpaired) electrons. The highest BCUT2D eigenvalue weighted by Gasteiger charge is 2.44. The monoisotopic (exact) mass is 490 g/mol. The van der Waals surface area contributed by atoms with Crippen LogP contribution in [0.25, 0.3) is 11.2 Å². The molecule has 2 unspecified atom stereocenters. The lowest BCUT2D eigenvalue weighted by molar-refractivity contribution is -0.00512. The molecule has 9 nitrogen and oxygen atoms in total.